The Hall–Kier alpha value is -0.0800. The summed E-state index contributed by atoms with van der Waals surface area (Å²) in [5.41, 5.74) is 0. The van der Waals surface area contributed by atoms with E-state index in [1.807, 2.05) is 7.05 Å². The smallest absolute Gasteiger partial charge is 0.190 e. The fourth-order valence-electron chi connectivity index (χ4n) is 2.16. The Morgan fingerprint density at radius 1 is 1.20 bits per heavy atom. The predicted molar refractivity (Wildman–Crippen MR) is 91.9 cm³/mol. The first kappa shape index (κ1) is 18.0. The Bertz CT molecular complexity index is 280. The normalized spacial score (nSPS) is 20.4. The molecule has 2 aliphatic rings. The molecule has 0 aromatic carbocycles. The third-order valence-corrected chi connectivity index (χ3v) is 3.61. The maximum atomic E-state index is 5.83. The lowest BCUT2D eigenvalue weighted by atomic mass is 10.1. The lowest BCUT2D eigenvalue weighted by Gasteiger charge is -2.22. The fourth-order valence-corrected chi connectivity index (χ4v) is 2.16. The van der Waals surface area contributed by atoms with Gasteiger partial charge in [-0.05, 0) is 38.0 Å². The molecule has 2 N–H and O–H groups in total. The molecule has 118 valence electrons. The summed E-state index contributed by atoms with van der Waals surface area (Å²) in [7, 11) is 1.82. The topological polar surface area (TPSA) is 54.9 Å². The number of ether oxygens (including phenoxy) is 2. The van der Waals surface area contributed by atoms with Crippen LogP contribution in [0.15, 0.2) is 4.99 Å². The first-order valence-corrected chi connectivity index (χ1v) is 7.52. The molecule has 1 saturated heterocycles. The van der Waals surface area contributed by atoms with Crippen molar-refractivity contribution < 1.29 is 9.47 Å². The van der Waals surface area contributed by atoms with Gasteiger partial charge in [0.1, 0.15) is 0 Å². The highest BCUT2D eigenvalue weighted by Crippen LogP contribution is 2.27. The molecule has 1 aliphatic carbocycles. The largest absolute Gasteiger partial charge is 0.381 e. The van der Waals surface area contributed by atoms with E-state index in [1.54, 1.807) is 0 Å². The van der Waals surface area contributed by atoms with Crippen LogP contribution < -0.4 is 10.6 Å². The van der Waals surface area contributed by atoms with Gasteiger partial charge in [0.2, 0.25) is 0 Å². The molecule has 0 aromatic heterocycles. The van der Waals surface area contributed by atoms with E-state index in [1.165, 1.54) is 12.8 Å². The monoisotopic (exact) mass is 397 g/mol. The van der Waals surface area contributed by atoms with E-state index < -0.39 is 0 Å². The lowest BCUT2D eigenvalue weighted by Crippen LogP contribution is -2.39. The number of hydrogen-bond acceptors (Lipinski definition) is 3. The number of halogens is 1. The van der Waals surface area contributed by atoms with Gasteiger partial charge in [-0.1, -0.05) is 0 Å². The third-order valence-electron chi connectivity index (χ3n) is 3.61. The molecule has 1 saturated carbocycles. The molecule has 2 rings (SSSR count). The third kappa shape index (κ3) is 7.64. The maximum Gasteiger partial charge on any atom is 0.190 e. The zero-order chi connectivity index (χ0) is 13.3. The molecule has 6 heteroatoms. The van der Waals surface area contributed by atoms with E-state index in [0.29, 0.717) is 6.10 Å². The van der Waals surface area contributed by atoms with Crippen LogP contribution in [0, 0.1) is 5.92 Å². The molecule has 0 radical (unpaired) electrons. The SMILES string of the molecule is CN=C(NCCCOC1CCOCC1)NCC1CC1.I. The highest BCUT2D eigenvalue weighted by molar-refractivity contribution is 14.0. The first-order chi connectivity index (χ1) is 9.38. The Labute approximate surface area is 139 Å². The van der Waals surface area contributed by atoms with E-state index in [9.17, 15) is 0 Å². The van der Waals surface area contributed by atoms with Crippen LogP contribution in [0.5, 0.6) is 0 Å². The highest BCUT2D eigenvalue weighted by atomic mass is 127. The Balaban J connectivity index is 0.00000200. The summed E-state index contributed by atoms with van der Waals surface area (Å²) in [5, 5.41) is 6.68. The van der Waals surface area contributed by atoms with Crippen molar-refractivity contribution in [2.24, 2.45) is 10.9 Å². The zero-order valence-corrected chi connectivity index (χ0v) is 14.7. The molecule has 2 fully saturated rings. The van der Waals surface area contributed by atoms with Crippen LogP contribution in [0.1, 0.15) is 32.1 Å². The van der Waals surface area contributed by atoms with Crippen molar-refractivity contribution >= 4 is 29.9 Å². The first-order valence-electron chi connectivity index (χ1n) is 7.52. The summed E-state index contributed by atoms with van der Waals surface area (Å²) in [6.07, 6.45) is 6.23. The highest BCUT2D eigenvalue weighted by Gasteiger charge is 2.21. The molecule has 0 amide bonds. The Morgan fingerprint density at radius 2 is 1.95 bits per heavy atom. The van der Waals surface area contributed by atoms with Crippen LogP contribution in [0.25, 0.3) is 0 Å². The average molecular weight is 397 g/mol. The van der Waals surface area contributed by atoms with Gasteiger partial charge in [-0.3, -0.25) is 4.99 Å². The summed E-state index contributed by atoms with van der Waals surface area (Å²) in [4.78, 5) is 4.21. The molecular formula is C14H28IN3O2. The molecule has 1 aliphatic heterocycles. The van der Waals surface area contributed by atoms with Crippen LogP contribution in [-0.2, 0) is 9.47 Å². The molecule has 20 heavy (non-hydrogen) atoms. The summed E-state index contributed by atoms with van der Waals surface area (Å²) in [6, 6.07) is 0. The van der Waals surface area contributed by atoms with E-state index in [-0.39, 0.29) is 24.0 Å². The quantitative estimate of drug-likeness (QED) is 0.298. The minimum absolute atomic E-state index is 0. The van der Waals surface area contributed by atoms with Crippen molar-refractivity contribution in [3.63, 3.8) is 0 Å². The molecule has 0 spiro atoms. The van der Waals surface area contributed by atoms with Gasteiger partial charge in [0, 0.05) is 40.0 Å². The van der Waals surface area contributed by atoms with Crippen molar-refractivity contribution in [1.82, 2.24) is 10.6 Å². The van der Waals surface area contributed by atoms with Crippen molar-refractivity contribution in [2.75, 3.05) is 40.0 Å². The van der Waals surface area contributed by atoms with Gasteiger partial charge in [-0.15, -0.1) is 24.0 Å². The second kappa shape index (κ2) is 10.6. The minimum Gasteiger partial charge on any atom is -0.381 e. The zero-order valence-electron chi connectivity index (χ0n) is 12.4. The molecule has 1 heterocycles. The number of aliphatic imine (C=N–C) groups is 1. The molecule has 0 bridgehead atoms. The number of nitrogens with one attached hydrogen (secondary N) is 2. The Kier molecular flexibility index (Phi) is 9.54. The molecule has 0 aromatic rings. The van der Waals surface area contributed by atoms with E-state index in [0.717, 1.165) is 64.1 Å². The number of rotatable bonds is 7. The Morgan fingerprint density at radius 3 is 2.60 bits per heavy atom. The van der Waals surface area contributed by atoms with Crippen LogP contribution in [0.3, 0.4) is 0 Å². The number of hydrogen-bond donors (Lipinski definition) is 2. The van der Waals surface area contributed by atoms with Crippen LogP contribution in [0.2, 0.25) is 0 Å². The van der Waals surface area contributed by atoms with Crippen LogP contribution in [-0.4, -0.2) is 52.0 Å². The maximum absolute atomic E-state index is 5.83. The standard InChI is InChI=1S/C14H27N3O2.HI/c1-15-14(17-11-12-3-4-12)16-7-2-8-19-13-5-9-18-10-6-13;/h12-13H,2-11H2,1H3,(H2,15,16,17);1H. The lowest BCUT2D eigenvalue weighted by molar-refractivity contribution is -0.0320. The van der Waals surface area contributed by atoms with E-state index in [4.69, 9.17) is 9.47 Å². The summed E-state index contributed by atoms with van der Waals surface area (Å²) in [5.74, 6) is 1.79. The average Bonchev–Trinajstić information content (AvgIpc) is 3.27. The van der Waals surface area contributed by atoms with Crippen molar-refractivity contribution in [3.8, 4) is 0 Å². The molecule has 5 nitrogen and oxygen atoms in total. The molecular weight excluding hydrogens is 369 g/mol. The summed E-state index contributed by atoms with van der Waals surface area (Å²) in [6.45, 7) is 4.48. The van der Waals surface area contributed by atoms with Gasteiger partial charge < -0.3 is 20.1 Å². The van der Waals surface area contributed by atoms with Crippen molar-refractivity contribution in [3.05, 3.63) is 0 Å². The van der Waals surface area contributed by atoms with Gasteiger partial charge in [0.15, 0.2) is 5.96 Å². The van der Waals surface area contributed by atoms with Gasteiger partial charge in [-0.2, -0.15) is 0 Å². The molecule has 0 atom stereocenters. The summed E-state index contributed by atoms with van der Waals surface area (Å²) < 4.78 is 11.1. The van der Waals surface area contributed by atoms with Gasteiger partial charge in [-0.25, -0.2) is 0 Å². The van der Waals surface area contributed by atoms with Crippen LogP contribution >= 0.6 is 24.0 Å². The predicted octanol–water partition coefficient (Wildman–Crippen LogP) is 1.77. The number of guanidine groups is 1. The molecule has 0 unspecified atom stereocenters. The van der Waals surface area contributed by atoms with E-state index >= 15 is 0 Å². The van der Waals surface area contributed by atoms with Crippen LogP contribution in [0.4, 0.5) is 0 Å². The van der Waals surface area contributed by atoms with Crippen molar-refractivity contribution in [2.45, 2.75) is 38.2 Å². The fraction of sp³-hybridized carbons (Fsp3) is 0.929. The van der Waals surface area contributed by atoms with Gasteiger partial charge in [0.25, 0.3) is 0 Å². The second-order valence-electron chi connectivity index (χ2n) is 5.36. The van der Waals surface area contributed by atoms with E-state index in [2.05, 4.69) is 15.6 Å². The van der Waals surface area contributed by atoms with Gasteiger partial charge >= 0.3 is 0 Å². The summed E-state index contributed by atoms with van der Waals surface area (Å²) >= 11 is 0. The second-order valence-corrected chi connectivity index (χ2v) is 5.36. The number of nitrogens with zero attached hydrogens (tertiary/aromatic N) is 1. The van der Waals surface area contributed by atoms with Gasteiger partial charge in [0.05, 0.1) is 6.10 Å². The minimum atomic E-state index is 0. The van der Waals surface area contributed by atoms with Crippen molar-refractivity contribution in [1.29, 1.82) is 0 Å².